The minimum atomic E-state index is -0.646. The molecule has 94 valence electrons. The molecule has 0 atom stereocenters. The van der Waals surface area contributed by atoms with Crippen LogP contribution in [0.1, 0.15) is 24.7 Å². The molecule has 0 unspecified atom stereocenters. The molecule has 1 fully saturated rings. The standard InChI is InChI=1S/C13H18FNO2/c1-16-13(17-2)12-10(14)6-5-7-11(12)15-8-3-4-9-15/h5-7,13H,3-4,8-9H2,1-2H3. The van der Waals surface area contributed by atoms with Gasteiger partial charge in [-0.05, 0) is 25.0 Å². The van der Waals surface area contributed by atoms with E-state index in [1.807, 2.05) is 6.07 Å². The summed E-state index contributed by atoms with van der Waals surface area (Å²) in [6.45, 7) is 1.94. The number of methoxy groups -OCH3 is 2. The molecule has 0 aliphatic carbocycles. The SMILES string of the molecule is COC(OC)c1c(F)cccc1N1CCCC1. The molecular formula is C13H18FNO2. The molecule has 2 rings (SSSR count). The van der Waals surface area contributed by atoms with E-state index in [0.29, 0.717) is 5.56 Å². The van der Waals surface area contributed by atoms with Crippen LogP contribution in [0.4, 0.5) is 10.1 Å². The second-order valence-corrected chi connectivity index (χ2v) is 4.17. The topological polar surface area (TPSA) is 21.7 Å². The Morgan fingerprint density at radius 1 is 1.18 bits per heavy atom. The summed E-state index contributed by atoms with van der Waals surface area (Å²) in [5.41, 5.74) is 1.38. The molecule has 0 amide bonds. The Kier molecular flexibility index (Phi) is 3.97. The van der Waals surface area contributed by atoms with Gasteiger partial charge < -0.3 is 14.4 Å². The number of nitrogens with zero attached hydrogens (tertiary/aromatic N) is 1. The third-order valence-electron chi connectivity index (χ3n) is 3.14. The van der Waals surface area contributed by atoms with Crippen molar-refractivity contribution in [2.45, 2.75) is 19.1 Å². The van der Waals surface area contributed by atoms with E-state index >= 15 is 0 Å². The largest absolute Gasteiger partial charge is 0.371 e. The maximum absolute atomic E-state index is 13.9. The minimum Gasteiger partial charge on any atom is -0.371 e. The van der Waals surface area contributed by atoms with Gasteiger partial charge in [-0.2, -0.15) is 0 Å². The first kappa shape index (κ1) is 12.3. The summed E-state index contributed by atoms with van der Waals surface area (Å²) in [6.07, 6.45) is 1.66. The van der Waals surface area contributed by atoms with Crippen LogP contribution in [0.2, 0.25) is 0 Å². The molecule has 0 spiro atoms. The average molecular weight is 239 g/mol. The minimum absolute atomic E-state index is 0.275. The second-order valence-electron chi connectivity index (χ2n) is 4.17. The number of halogens is 1. The quantitative estimate of drug-likeness (QED) is 0.754. The van der Waals surface area contributed by atoms with Crippen molar-refractivity contribution in [3.05, 3.63) is 29.6 Å². The van der Waals surface area contributed by atoms with E-state index in [-0.39, 0.29) is 5.82 Å². The lowest BCUT2D eigenvalue weighted by Gasteiger charge is -2.25. The summed E-state index contributed by atoms with van der Waals surface area (Å²) >= 11 is 0. The summed E-state index contributed by atoms with van der Waals surface area (Å²) in [6, 6.07) is 5.10. The van der Waals surface area contributed by atoms with E-state index in [2.05, 4.69) is 4.90 Å². The highest BCUT2D eigenvalue weighted by Crippen LogP contribution is 2.33. The fourth-order valence-electron chi connectivity index (χ4n) is 2.32. The lowest BCUT2D eigenvalue weighted by molar-refractivity contribution is -0.107. The Labute approximate surface area is 101 Å². The lowest BCUT2D eigenvalue weighted by atomic mass is 10.1. The van der Waals surface area contributed by atoms with Crippen molar-refractivity contribution in [3.63, 3.8) is 0 Å². The number of hydrogen-bond acceptors (Lipinski definition) is 3. The van der Waals surface area contributed by atoms with Crippen molar-refractivity contribution < 1.29 is 13.9 Å². The fraction of sp³-hybridized carbons (Fsp3) is 0.538. The summed E-state index contributed by atoms with van der Waals surface area (Å²) < 4.78 is 24.3. The molecule has 4 heteroatoms. The predicted octanol–water partition coefficient (Wildman–Crippen LogP) is 2.72. The highest BCUT2D eigenvalue weighted by molar-refractivity contribution is 5.55. The van der Waals surface area contributed by atoms with Gasteiger partial charge in [0.25, 0.3) is 0 Å². The molecule has 3 nitrogen and oxygen atoms in total. The molecule has 0 N–H and O–H groups in total. The lowest BCUT2D eigenvalue weighted by Crippen LogP contribution is -2.21. The summed E-state index contributed by atoms with van der Waals surface area (Å²) in [4.78, 5) is 2.18. The zero-order valence-corrected chi connectivity index (χ0v) is 10.3. The van der Waals surface area contributed by atoms with Crippen LogP contribution in [0.5, 0.6) is 0 Å². The molecule has 1 heterocycles. The first-order valence-corrected chi connectivity index (χ1v) is 5.87. The van der Waals surface area contributed by atoms with Crippen LogP contribution in [-0.2, 0) is 9.47 Å². The van der Waals surface area contributed by atoms with E-state index in [1.54, 1.807) is 6.07 Å². The predicted molar refractivity (Wildman–Crippen MR) is 64.6 cm³/mol. The first-order valence-electron chi connectivity index (χ1n) is 5.87. The van der Waals surface area contributed by atoms with E-state index in [4.69, 9.17) is 9.47 Å². The maximum atomic E-state index is 13.9. The Hall–Kier alpha value is -1.13. The summed E-state index contributed by atoms with van der Waals surface area (Å²) in [5.74, 6) is -0.275. The third-order valence-corrected chi connectivity index (χ3v) is 3.14. The number of rotatable bonds is 4. The number of hydrogen-bond donors (Lipinski definition) is 0. The van der Waals surface area contributed by atoms with Gasteiger partial charge in [0, 0.05) is 33.0 Å². The molecule has 1 aromatic carbocycles. The Morgan fingerprint density at radius 3 is 2.41 bits per heavy atom. The van der Waals surface area contributed by atoms with Crippen LogP contribution >= 0.6 is 0 Å². The van der Waals surface area contributed by atoms with Crippen LogP contribution in [-0.4, -0.2) is 27.3 Å². The number of anilines is 1. The first-order chi connectivity index (χ1) is 8.27. The van der Waals surface area contributed by atoms with E-state index in [0.717, 1.165) is 31.6 Å². The monoisotopic (exact) mass is 239 g/mol. The smallest absolute Gasteiger partial charge is 0.187 e. The number of benzene rings is 1. The van der Waals surface area contributed by atoms with E-state index in [9.17, 15) is 4.39 Å². The highest BCUT2D eigenvalue weighted by atomic mass is 19.1. The van der Waals surface area contributed by atoms with Crippen LogP contribution in [0.25, 0.3) is 0 Å². The molecule has 0 aromatic heterocycles. The fourth-order valence-corrected chi connectivity index (χ4v) is 2.32. The van der Waals surface area contributed by atoms with E-state index in [1.165, 1.54) is 20.3 Å². The normalized spacial score (nSPS) is 15.9. The van der Waals surface area contributed by atoms with Crippen molar-refractivity contribution in [1.82, 2.24) is 0 Å². The molecule has 0 bridgehead atoms. The Morgan fingerprint density at radius 2 is 1.82 bits per heavy atom. The molecule has 1 saturated heterocycles. The Balaban J connectivity index is 2.39. The molecule has 1 aromatic rings. The van der Waals surface area contributed by atoms with Gasteiger partial charge in [0.05, 0.1) is 5.56 Å². The van der Waals surface area contributed by atoms with Gasteiger partial charge in [0.1, 0.15) is 5.82 Å². The third kappa shape index (κ3) is 2.42. The van der Waals surface area contributed by atoms with Gasteiger partial charge in [-0.15, -0.1) is 0 Å². The van der Waals surface area contributed by atoms with Crippen LogP contribution in [0.15, 0.2) is 18.2 Å². The zero-order valence-electron chi connectivity index (χ0n) is 10.3. The maximum Gasteiger partial charge on any atom is 0.187 e. The molecule has 0 saturated carbocycles. The van der Waals surface area contributed by atoms with Crippen molar-refractivity contribution in [2.24, 2.45) is 0 Å². The van der Waals surface area contributed by atoms with Crippen molar-refractivity contribution in [1.29, 1.82) is 0 Å². The van der Waals surface area contributed by atoms with Gasteiger partial charge in [0.15, 0.2) is 6.29 Å². The molecular weight excluding hydrogens is 221 g/mol. The average Bonchev–Trinajstić information content (AvgIpc) is 2.86. The van der Waals surface area contributed by atoms with Crippen LogP contribution in [0, 0.1) is 5.82 Å². The summed E-state index contributed by atoms with van der Waals surface area (Å²) in [5, 5.41) is 0. The van der Waals surface area contributed by atoms with Crippen LogP contribution < -0.4 is 4.90 Å². The molecule has 1 aliphatic rings. The molecule has 0 radical (unpaired) electrons. The highest BCUT2D eigenvalue weighted by Gasteiger charge is 2.23. The Bertz CT molecular complexity index is 374. The van der Waals surface area contributed by atoms with Gasteiger partial charge in [0.2, 0.25) is 0 Å². The van der Waals surface area contributed by atoms with Crippen molar-refractivity contribution >= 4 is 5.69 Å². The van der Waals surface area contributed by atoms with Gasteiger partial charge in [-0.25, -0.2) is 4.39 Å². The molecule has 17 heavy (non-hydrogen) atoms. The zero-order chi connectivity index (χ0) is 12.3. The van der Waals surface area contributed by atoms with E-state index < -0.39 is 6.29 Å². The van der Waals surface area contributed by atoms with Gasteiger partial charge in [-0.1, -0.05) is 6.07 Å². The van der Waals surface area contributed by atoms with Gasteiger partial charge >= 0.3 is 0 Å². The number of ether oxygens (including phenoxy) is 2. The second kappa shape index (κ2) is 5.47. The summed E-state index contributed by atoms with van der Waals surface area (Å²) in [7, 11) is 3.04. The van der Waals surface area contributed by atoms with Gasteiger partial charge in [-0.3, -0.25) is 0 Å². The van der Waals surface area contributed by atoms with Crippen molar-refractivity contribution in [3.8, 4) is 0 Å². The molecule has 1 aliphatic heterocycles. The van der Waals surface area contributed by atoms with Crippen molar-refractivity contribution in [2.75, 3.05) is 32.2 Å². The van der Waals surface area contributed by atoms with Crippen LogP contribution in [0.3, 0.4) is 0 Å².